The maximum atomic E-state index is 13.8. The van der Waals surface area contributed by atoms with E-state index in [2.05, 4.69) is 17.6 Å². The molecule has 1 aliphatic heterocycles. The van der Waals surface area contributed by atoms with Crippen LogP contribution in [0.1, 0.15) is 38.2 Å². The first-order valence-corrected chi connectivity index (χ1v) is 14.6. The molecule has 1 saturated carbocycles. The van der Waals surface area contributed by atoms with Gasteiger partial charge in [-0.25, -0.2) is 0 Å². The van der Waals surface area contributed by atoms with Crippen molar-refractivity contribution in [1.82, 2.24) is 4.90 Å². The Morgan fingerprint density at radius 1 is 0.975 bits per heavy atom. The van der Waals surface area contributed by atoms with Crippen molar-refractivity contribution < 1.29 is 19.1 Å². The lowest BCUT2D eigenvalue weighted by Crippen LogP contribution is -2.48. The van der Waals surface area contributed by atoms with Crippen LogP contribution in [-0.2, 0) is 9.59 Å². The average molecular weight is 558 g/mol. The van der Waals surface area contributed by atoms with E-state index in [0.717, 1.165) is 30.5 Å². The fourth-order valence-corrected chi connectivity index (χ4v) is 6.49. The summed E-state index contributed by atoms with van der Waals surface area (Å²) >= 11 is 1.55. The van der Waals surface area contributed by atoms with Crippen LogP contribution in [0.25, 0.3) is 6.08 Å². The maximum Gasteiger partial charge on any atom is 0.262 e. The van der Waals surface area contributed by atoms with Crippen LogP contribution >= 0.6 is 11.8 Å². The van der Waals surface area contributed by atoms with Crippen molar-refractivity contribution in [3.05, 3.63) is 89.3 Å². The number of carbonyl (C=O) groups excluding carboxylic acids is 2. The largest absolute Gasteiger partial charge is 0.493 e. The Kier molecular flexibility index (Phi) is 8.96. The number of para-hydroxylation sites is 2. The Labute approximate surface area is 239 Å². The third-order valence-electron chi connectivity index (χ3n) is 7.33. The van der Waals surface area contributed by atoms with Gasteiger partial charge >= 0.3 is 0 Å². The summed E-state index contributed by atoms with van der Waals surface area (Å²) in [4.78, 5) is 28.9. The highest BCUT2D eigenvalue weighted by atomic mass is 32.2. The standard InChI is InChI=1S/C32H35N3O4S/c1-22-11-9-10-16-26(22)35-31(37)29(40-32(35)34-25-14-7-4-8-15-25)20-23-17-18-27(28(19-23)38-2)39-21-30(36)33-24-12-5-3-6-13-24/h3-8,12-15,17-20,22,26,32,34H,9-11,16,21H2,1-2H3,(H,33,36)/b29-20-/t22-,26-,32?/m1/s1. The summed E-state index contributed by atoms with van der Waals surface area (Å²) in [6, 6.07) is 24.9. The number of thioether (sulfide) groups is 1. The smallest absolute Gasteiger partial charge is 0.262 e. The Balaban J connectivity index is 1.32. The Hall–Kier alpha value is -3.91. The van der Waals surface area contributed by atoms with Crippen LogP contribution in [0.5, 0.6) is 11.5 Å². The lowest BCUT2D eigenvalue weighted by atomic mass is 9.85. The third-order valence-corrected chi connectivity index (χ3v) is 8.44. The molecule has 0 spiro atoms. The van der Waals surface area contributed by atoms with Crippen molar-refractivity contribution in [2.24, 2.45) is 5.92 Å². The van der Waals surface area contributed by atoms with Crippen LogP contribution in [0, 0.1) is 5.92 Å². The number of nitrogens with zero attached hydrogens (tertiary/aromatic N) is 1. The number of anilines is 2. The molecule has 1 unspecified atom stereocenters. The van der Waals surface area contributed by atoms with Crippen LogP contribution in [-0.4, -0.2) is 42.0 Å². The highest BCUT2D eigenvalue weighted by Gasteiger charge is 2.42. The number of benzene rings is 3. The van der Waals surface area contributed by atoms with Gasteiger partial charge in [0.05, 0.1) is 12.0 Å². The van der Waals surface area contributed by atoms with Crippen LogP contribution in [0.4, 0.5) is 11.4 Å². The monoisotopic (exact) mass is 557 g/mol. The van der Waals surface area contributed by atoms with E-state index in [4.69, 9.17) is 9.47 Å². The van der Waals surface area contributed by atoms with Crippen molar-refractivity contribution in [3.8, 4) is 11.5 Å². The quantitative estimate of drug-likeness (QED) is 0.289. The SMILES string of the molecule is COc1cc(/C=C2\SC(Nc3ccccc3)N([C@@H]3CCCC[C@H]3C)C2=O)ccc1OCC(=O)Nc1ccccc1. The van der Waals surface area contributed by atoms with Gasteiger partial charge in [0.25, 0.3) is 11.8 Å². The maximum absolute atomic E-state index is 13.8. The minimum absolute atomic E-state index is 0.0501. The van der Waals surface area contributed by atoms with Crippen molar-refractivity contribution >= 4 is 41.0 Å². The lowest BCUT2D eigenvalue weighted by Gasteiger charge is -2.39. The van der Waals surface area contributed by atoms with Crippen LogP contribution in [0.15, 0.2) is 83.8 Å². The van der Waals surface area contributed by atoms with Gasteiger partial charge in [-0.2, -0.15) is 0 Å². The predicted molar refractivity (Wildman–Crippen MR) is 161 cm³/mol. The van der Waals surface area contributed by atoms with Crippen LogP contribution < -0.4 is 20.1 Å². The molecule has 1 aliphatic carbocycles. The molecule has 5 rings (SSSR count). The minimum atomic E-state index is -0.263. The number of methoxy groups -OCH3 is 1. The summed E-state index contributed by atoms with van der Waals surface area (Å²) in [6.07, 6.45) is 6.43. The van der Waals surface area contributed by atoms with Gasteiger partial charge in [-0.3, -0.25) is 9.59 Å². The van der Waals surface area contributed by atoms with E-state index < -0.39 is 0 Å². The first kappa shape index (κ1) is 27.6. The van der Waals surface area contributed by atoms with E-state index >= 15 is 0 Å². The molecule has 3 aromatic rings. The molecular weight excluding hydrogens is 522 g/mol. The highest BCUT2D eigenvalue weighted by molar-refractivity contribution is 8.05. The molecule has 40 heavy (non-hydrogen) atoms. The number of nitrogens with one attached hydrogen (secondary N) is 2. The number of amides is 2. The summed E-state index contributed by atoms with van der Waals surface area (Å²) in [7, 11) is 1.56. The number of rotatable bonds is 9. The number of ether oxygens (including phenoxy) is 2. The average Bonchev–Trinajstić information content (AvgIpc) is 3.27. The van der Waals surface area contributed by atoms with E-state index in [9.17, 15) is 9.59 Å². The zero-order valence-electron chi connectivity index (χ0n) is 22.8. The van der Waals surface area contributed by atoms with Gasteiger partial charge in [-0.1, -0.05) is 74.0 Å². The van der Waals surface area contributed by atoms with E-state index in [1.54, 1.807) is 24.9 Å². The van der Waals surface area contributed by atoms with Gasteiger partial charge in [0.1, 0.15) is 0 Å². The Morgan fingerprint density at radius 3 is 2.38 bits per heavy atom. The lowest BCUT2D eigenvalue weighted by molar-refractivity contribution is -0.129. The Bertz CT molecular complexity index is 1350. The molecule has 0 radical (unpaired) electrons. The fraction of sp³-hybridized carbons (Fsp3) is 0.312. The van der Waals surface area contributed by atoms with Crippen molar-refractivity contribution in [1.29, 1.82) is 0 Å². The van der Waals surface area contributed by atoms with Gasteiger partial charge in [-0.05, 0) is 66.8 Å². The molecule has 208 valence electrons. The van der Waals surface area contributed by atoms with Crippen molar-refractivity contribution in [2.45, 2.75) is 44.1 Å². The van der Waals surface area contributed by atoms with Crippen LogP contribution in [0.3, 0.4) is 0 Å². The van der Waals surface area contributed by atoms with Gasteiger partial charge in [0.2, 0.25) is 0 Å². The molecule has 7 nitrogen and oxygen atoms in total. The second-order valence-corrected chi connectivity index (χ2v) is 11.3. The molecule has 3 atom stereocenters. The normalized spacial score (nSPS) is 21.8. The molecule has 0 bridgehead atoms. The van der Waals surface area contributed by atoms with E-state index in [-0.39, 0.29) is 30.0 Å². The molecule has 1 heterocycles. The number of carbonyl (C=O) groups is 2. The summed E-state index contributed by atoms with van der Waals surface area (Å²) in [5, 5.41) is 6.38. The molecule has 2 fully saturated rings. The van der Waals surface area contributed by atoms with Crippen molar-refractivity contribution in [2.75, 3.05) is 24.4 Å². The predicted octanol–water partition coefficient (Wildman–Crippen LogP) is 6.60. The molecule has 8 heteroatoms. The molecule has 2 N–H and O–H groups in total. The summed E-state index contributed by atoms with van der Waals surface area (Å²) in [6.45, 7) is 2.11. The minimum Gasteiger partial charge on any atom is -0.493 e. The fourth-order valence-electron chi connectivity index (χ4n) is 5.27. The van der Waals surface area contributed by atoms with Gasteiger partial charge in [0.15, 0.2) is 23.6 Å². The third kappa shape index (κ3) is 6.62. The second-order valence-electron chi connectivity index (χ2n) is 10.1. The molecule has 3 aromatic carbocycles. The Morgan fingerprint density at radius 2 is 1.68 bits per heavy atom. The number of hydrogen-bond donors (Lipinski definition) is 2. The molecule has 0 aromatic heterocycles. The second kappa shape index (κ2) is 13.0. The summed E-state index contributed by atoms with van der Waals surface area (Å²) in [5.74, 6) is 1.19. The van der Waals surface area contributed by atoms with E-state index in [0.29, 0.717) is 28.0 Å². The first-order chi connectivity index (χ1) is 19.5. The van der Waals surface area contributed by atoms with Crippen molar-refractivity contribution in [3.63, 3.8) is 0 Å². The van der Waals surface area contributed by atoms with Gasteiger partial charge in [-0.15, -0.1) is 0 Å². The molecule has 2 amide bonds. The first-order valence-electron chi connectivity index (χ1n) is 13.7. The van der Waals surface area contributed by atoms with Gasteiger partial charge in [0, 0.05) is 17.4 Å². The molecule has 1 saturated heterocycles. The topological polar surface area (TPSA) is 79.9 Å². The summed E-state index contributed by atoms with van der Waals surface area (Å²) < 4.78 is 11.3. The molecule has 2 aliphatic rings. The van der Waals surface area contributed by atoms with Gasteiger partial charge < -0.3 is 25.0 Å². The zero-order chi connectivity index (χ0) is 27.9. The number of hydrogen-bond acceptors (Lipinski definition) is 6. The zero-order valence-corrected chi connectivity index (χ0v) is 23.7. The van der Waals surface area contributed by atoms with Crippen LogP contribution in [0.2, 0.25) is 0 Å². The molecular formula is C32H35N3O4S. The van der Waals surface area contributed by atoms with E-state index in [1.165, 1.54) is 6.42 Å². The summed E-state index contributed by atoms with van der Waals surface area (Å²) in [5.41, 5.74) is 2.34. The highest BCUT2D eigenvalue weighted by Crippen LogP contribution is 2.42. The van der Waals surface area contributed by atoms with E-state index in [1.807, 2.05) is 83.8 Å².